The van der Waals surface area contributed by atoms with E-state index in [-0.39, 0.29) is 11.5 Å². The van der Waals surface area contributed by atoms with Gasteiger partial charge in [-0.25, -0.2) is 0 Å². The Morgan fingerprint density at radius 2 is 1.73 bits per heavy atom. The second-order valence-corrected chi connectivity index (χ2v) is 10.9. The zero-order chi connectivity index (χ0) is 18.7. The van der Waals surface area contributed by atoms with Crippen molar-refractivity contribution in [1.29, 1.82) is 0 Å². The zero-order valence-corrected chi connectivity index (χ0v) is 17.3. The van der Waals surface area contributed by atoms with Crippen molar-refractivity contribution in [3.8, 4) is 12.3 Å². The molecule has 4 rings (SSSR count). The predicted octanol–water partition coefficient (Wildman–Crippen LogP) is 5.39. The normalized spacial score (nSPS) is 51.1. The molecule has 0 heterocycles. The van der Waals surface area contributed by atoms with Gasteiger partial charge < -0.3 is 9.84 Å². The van der Waals surface area contributed by atoms with Gasteiger partial charge in [-0.3, -0.25) is 0 Å². The Kier molecular flexibility index (Phi) is 4.52. The van der Waals surface area contributed by atoms with Gasteiger partial charge in [0, 0.05) is 5.92 Å². The van der Waals surface area contributed by atoms with E-state index < -0.39 is 5.79 Å². The Bertz CT molecular complexity index is 584. The molecule has 8 unspecified atom stereocenters. The van der Waals surface area contributed by atoms with E-state index in [1.54, 1.807) is 13.8 Å². The first-order valence-electron chi connectivity index (χ1n) is 11.1. The van der Waals surface area contributed by atoms with E-state index in [9.17, 15) is 5.11 Å². The molecule has 4 fully saturated rings. The third-order valence-electron chi connectivity index (χ3n) is 9.22. The predicted molar refractivity (Wildman–Crippen MR) is 105 cm³/mol. The standard InChI is InChI=1S/C24H38O2/c1-6-16-10-11-18-21-19(12-14-24(16,18)5)23(4)13-8-7-9-17(23)15-20(21)26-22(2,3)25/h1,16-21,25H,7-15H2,2-5H3. The van der Waals surface area contributed by atoms with Crippen LogP contribution in [0.3, 0.4) is 0 Å². The number of hydrogen-bond donors (Lipinski definition) is 1. The van der Waals surface area contributed by atoms with Gasteiger partial charge in [-0.05, 0) is 93.3 Å². The molecule has 0 aromatic rings. The molecule has 0 aliphatic heterocycles. The highest BCUT2D eigenvalue weighted by Gasteiger charge is 2.62. The summed E-state index contributed by atoms with van der Waals surface area (Å²) in [6, 6.07) is 0. The largest absolute Gasteiger partial charge is 0.366 e. The second kappa shape index (κ2) is 6.25. The van der Waals surface area contributed by atoms with Crippen molar-refractivity contribution in [3.63, 3.8) is 0 Å². The Labute approximate surface area is 160 Å². The van der Waals surface area contributed by atoms with E-state index >= 15 is 0 Å². The number of aliphatic hydroxyl groups is 1. The molecule has 0 radical (unpaired) electrons. The third kappa shape index (κ3) is 2.77. The Hall–Kier alpha value is -0.520. The molecular weight excluding hydrogens is 320 g/mol. The Morgan fingerprint density at radius 3 is 2.42 bits per heavy atom. The van der Waals surface area contributed by atoms with Crippen molar-refractivity contribution in [2.45, 2.75) is 97.4 Å². The summed E-state index contributed by atoms with van der Waals surface area (Å²) in [5, 5.41) is 10.5. The number of hydrogen-bond acceptors (Lipinski definition) is 2. The molecule has 26 heavy (non-hydrogen) atoms. The van der Waals surface area contributed by atoms with Crippen LogP contribution in [0, 0.1) is 52.8 Å². The molecule has 0 spiro atoms. The fraction of sp³-hybridized carbons (Fsp3) is 0.917. The van der Waals surface area contributed by atoms with E-state index in [2.05, 4.69) is 19.8 Å². The molecule has 1 N–H and O–H groups in total. The van der Waals surface area contributed by atoms with Crippen LogP contribution in [0.5, 0.6) is 0 Å². The zero-order valence-electron chi connectivity index (χ0n) is 17.3. The van der Waals surface area contributed by atoms with Crippen LogP contribution >= 0.6 is 0 Å². The topological polar surface area (TPSA) is 29.5 Å². The Balaban J connectivity index is 1.71. The molecule has 2 heteroatoms. The lowest BCUT2D eigenvalue weighted by Crippen LogP contribution is -2.59. The highest BCUT2D eigenvalue weighted by atomic mass is 16.6. The third-order valence-corrected chi connectivity index (χ3v) is 9.22. The fourth-order valence-corrected chi connectivity index (χ4v) is 8.00. The average molecular weight is 359 g/mol. The van der Waals surface area contributed by atoms with Crippen molar-refractivity contribution < 1.29 is 9.84 Å². The van der Waals surface area contributed by atoms with E-state index in [1.807, 2.05) is 0 Å². The van der Waals surface area contributed by atoms with Crippen LogP contribution in [0.2, 0.25) is 0 Å². The highest BCUT2D eigenvalue weighted by Crippen LogP contribution is 2.67. The summed E-state index contributed by atoms with van der Waals surface area (Å²) in [5.74, 6) is 5.25. The Morgan fingerprint density at radius 1 is 1.00 bits per heavy atom. The maximum absolute atomic E-state index is 10.5. The van der Waals surface area contributed by atoms with E-state index in [1.165, 1.54) is 51.4 Å². The van der Waals surface area contributed by atoms with Gasteiger partial charge in [-0.15, -0.1) is 12.3 Å². The quantitative estimate of drug-likeness (QED) is 0.529. The summed E-state index contributed by atoms with van der Waals surface area (Å²) in [5.41, 5.74) is 0.743. The molecule has 2 nitrogen and oxygen atoms in total. The maximum Gasteiger partial charge on any atom is 0.160 e. The van der Waals surface area contributed by atoms with Crippen molar-refractivity contribution in [1.82, 2.24) is 0 Å². The second-order valence-electron chi connectivity index (χ2n) is 10.9. The molecule has 8 atom stereocenters. The van der Waals surface area contributed by atoms with Gasteiger partial charge in [0.1, 0.15) is 0 Å². The fourth-order valence-electron chi connectivity index (χ4n) is 8.00. The molecule has 4 aliphatic carbocycles. The van der Waals surface area contributed by atoms with Gasteiger partial charge in [0.05, 0.1) is 6.10 Å². The van der Waals surface area contributed by atoms with Gasteiger partial charge >= 0.3 is 0 Å². The summed E-state index contributed by atoms with van der Waals surface area (Å²) < 4.78 is 6.37. The minimum absolute atomic E-state index is 0.192. The van der Waals surface area contributed by atoms with Gasteiger partial charge in [0.25, 0.3) is 0 Å². The lowest BCUT2D eigenvalue weighted by molar-refractivity contribution is -0.263. The van der Waals surface area contributed by atoms with Crippen LogP contribution in [0.25, 0.3) is 0 Å². The summed E-state index contributed by atoms with van der Waals surface area (Å²) in [4.78, 5) is 0. The number of terminal acetylenes is 1. The van der Waals surface area contributed by atoms with Crippen LogP contribution in [0.4, 0.5) is 0 Å². The van der Waals surface area contributed by atoms with E-state index in [0.717, 1.165) is 18.3 Å². The number of ether oxygens (including phenoxy) is 1. The lowest BCUT2D eigenvalue weighted by Gasteiger charge is -2.62. The first-order valence-corrected chi connectivity index (χ1v) is 11.1. The first kappa shape index (κ1) is 18.8. The summed E-state index contributed by atoms with van der Waals surface area (Å²) in [7, 11) is 0. The van der Waals surface area contributed by atoms with Crippen molar-refractivity contribution in [3.05, 3.63) is 0 Å². The summed E-state index contributed by atoms with van der Waals surface area (Å²) >= 11 is 0. The minimum Gasteiger partial charge on any atom is -0.366 e. The van der Waals surface area contributed by atoms with Crippen LogP contribution in [0.1, 0.15) is 85.5 Å². The van der Waals surface area contributed by atoms with Gasteiger partial charge in [0.2, 0.25) is 0 Å². The molecule has 0 saturated heterocycles. The maximum atomic E-state index is 10.5. The van der Waals surface area contributed by atoms with Crippen LogP contribution < -0.4 is 0 Å². The average Bonchev–Trinajstić information content (AvgIpc) is 2.90. The first-order chi connectivity index (χ1) is 12.2. The van der Waals surface area contributed by atoms with Crippen LogP contribution in [0.15, 0.2) is 0 Å². The van der Waals surface area contributed by atoms with Gasteiger partial charge in [0.15, 0.2) is 5.79 Å². The summed E-state index contributed by atoms with van der Waals surface area (Å²) in [6.07, 6.45) is 17.8. The molecule has 0 aromatic carbocycles. The molecule has 0 bridgehead atoms. The van der Waals surface area contributed by atoms with Crippen LogP contribution in [-0.4, -0.2) is 17.0 Å². The van der Waals surface area contributed by atoms with E-state index in [0.29, 0.717) is 23.2 Å². The molecular formula is C24H38O2. The van der Waals surface area contributed by atoms with Crippen LogP contribution in [-0.2, 0) is 4.74 Å². The monoisotopic (exact) mass is 358 g/mol. The van der Waals surface area contributed by atoms with Gasteiger partial charge in [-0.2, -0.15) is 0 Å². The lowest BCUT2D eigenvalue weighted by atomic mass is 9.44. The molecule has 4 aliphatic rings. The summed E-state index contributed by atoms with van der Waals surface area (Å²) in [6.45, 7) is 8.65. The molecule has 0 amide bonds. The SMILES string of the molecule is C#CC1CCC2C3C(OC(C)(C)O)CC4CCCCC4(C)C3CCC12C. The van der Waals surface area contributed by atoms with Gasteiger partial charge in [-0.1, -0.05) is 26.7 Å². The molecule has 4 saturated carbocycles. The number of rotatable bonds is 2. The van der Waals surface area contributed by atoms with E-state index in [4.69, 9.17) is 11.2 Å². The minimum atomic E-state index is -1.05. The highest BCUT2D eigenvalue weighted by molar-refractivity contribution is 5.15. The molecule has 0 aromatic heterocycles. The smallest absolute Gasteiger partial charge is 0.160 e. The number of fused-ring (bicyclic) bond motifs is 5. The van der Waals surface area contributed by atoms with Crippen molar-refractivity contribution in [2.24, 2.45) is 40.4 Å². The molecule has 146 valence electrons. The van der Waals surface area contributed by atoms with Crippen molar-refractivity contribution in [2.75, 3.05) is 0 Å². The van der Waals surface area contributed by atoms with Crippen molar-refractivity contribution >= 4 is 0 Å².